The molecule has 0 aliphatic carbocycles. The highest BCUT2D eigenvalue weighted by molar-refractivity contribution is 7.10. The van der Waals surface area contributed by atoms with Gasteiger partial charge in [0.1, 0.15) is 11.9 Å². The molecule has 0 amide bonds. The molecule has 4 nitrogen and oxygen atoms in total. The average molecular weight is 436 g/mol. The molecule has 0 radical (unpaired) electrons. The molecule has 0 saturated carbocycles. The van der Waals surface area contributed by atoms with Crippen molar-refractivity contribution in [3.05, 3.63) is 88.1 Å². The molecule has 1 aliphatic heterocycles. The second-order valence-corrected chi connectivity index (χ2v) is 9.14. The van der Waals surface area contributed by atoms with Gasteiger partial charge in [-0.3, -0.25) is 9.80 Å². The van der Waals surface area contributed by atoms with E-state index in [2.05, 4.69) is 87.2 Å². The maximum atomic E-state index is 6.57. The van der Waals surface area contributed by atoms with Gasteiger partial charge >= 0.3 is 0 Å². The van der Waals surface area contributed by atoms with Crippen molar-refractivity contribution < 1.29 is 4.74 Å². The Morgan fingerprint density at radius 3 is 2.29 bits per heavy atom. The summed E-state index contributed by atoms with van der Waals surface area (Å²) < 4.78 is 6.57. The molecule has 0 bridgehead atoms. The van der Waals surface area contributed by atoms with E-state index in [0.29, 0.717) is 0 Å². The normalized spacial score (nSPS) is 16.3. The van der Waals surface area contributed by atoms with Crippen molar-refractivity contribution in [2.24, 2.45) is 0 Å². The van der Waals surface area contributed by atoms with Crippen LogP contribution in [0.4, 0.5) is 0 Å². The van der Waals surface area contributed by atoms with E-state index in [0.717, 1.165) is 58.0 Å². The molecule has 3 aromatic rings. The highest BCUT2D eigenvalue weighted by Crippen LogP contribution is 2.30. The van der Waals surface area contributed by atoms with Crippen molar-refractivity contribution in [1.82, 2.24) is 15.1 Å². The van der Waals surface area contributed by atoms with Crippen LogP contribution in [0, 0.1) is 0 Å². The summed E-state index contributed by atoms with van der Waals surface area (Å²) >= 11 is 1.77. The Balaban J connectivity index is 1.35. The van der Waals surface area contributed by atoms with Crippen LogP contribution >= 0.6 is 11.3 Å². The Kier molecular flexibility index (Phi) is 8.13. The van der Waals surface area contributed by atoms with Gasteiger partial charge in [0.15, 0.2) is 0 Å². The Morgan fingerprint density at radius 1 is 0.871 bits per heavy atom. The summed E-state index contributed by atoms with van der Waals surface area (Å²) in [5, 5.41) is 5.39. The maximum absolute atomic E-state index is 6.57. The summed E-state index contributed by atoms with van der Waals surface area (Å²) in [7, 11) is 2.00. The number of piperazine rings is 1. The van der Waals surface area contributed by atoms with E-state index in [1.807, 2.05) is 7.05 Å². The van der Waals surface area contributed by atoms with Crippen molar-refractivity contribution in [3.63, 3.8) is 0 Å². The number of ether oxygens (including phenoxy) is 1. The lowest BCUT2D eigenvalue weighted by Crippen LogP contribution is -2.45. The third-order valence-corrected chi connectivity index (χ3v) is 6.83. The number of thiophene rings is 1. The summed E-state index contributed by atoms with van der Waals surface area (Å²) in [5.74, 6) is 1.02. The fourth-order valence-electron chi connectivity index (χ4n) is 4.10. The van der Waals surface area contributed by atoms with E-state index in [1.165, 1.54) is 16.0 Å². The smallest absolute Gasteiger partial charge is 0.134 e. The van der Waals surface area contributed by atoms with Gasteiger partial charge in [-0.25, -0.2) is 0 Å². The molecule has 31 heavy (non-hydrogen) atoms. The van der Waals surface area contributed by atoms with Crippen molar-refractivity contribution in [2.75, 3.05) is 39.8 Å². The quantitative estimate of drug-likeness (QED) is 0.495. The van der Waals surface area contributed by atoms with Gasteiger partial charge in [0.2, 0.25) is 0 Å². The number of rotatable bonds is 10. The Labute approximate surface area is 190 Å². The molecule has 1 saturated heterocycles. The molecular weight excluding hydrogens is 402 g/mol. The van der Waals surface area contributed by atoms with Gasteiger partial charge < -0.3 is 10.1 Å². The molecular formula is C26H33N3OS. The predicted octanol–water partition coefficient (Wildman–Crippen LogP) is 4.80. The fraction of sp³-hybridized carbons (Fsp3) is 0.385. The largest absolute Gasteiger partial charge is 0.485 e. The van der Waals surface area contributed by atoms with Gasteiger partial charge in [0, 0.05) is 56.1 Å². The van der Waals surface area contributed by atoms with E-state index in [-0.39, 0.29) is 6.10 Å². The molecule has 4 rings (SSSR count). The van der Waals surface area contributed by atoms with E-state index >= 15 is 0 Å². The van der Waals surface area contributed by atoms with Crippen LogP contribution in [0.1, 0.15) is 28.5 Å². The minimum Gasteiger partial charge on any atom is -0.485 e. The summed E-state index contributed by atoms with van der Waals surface area (Å²) in [4.78, 5) is 6.40. The molecule has 1 fully saturated rings. The zero-order valence-electron chi connectivity index (χ0n) is 18.4. The number of hydrogen-bond donors (Lipinski definition) is 1. The third-order valence-electron chi connectivity index (χ3n) is 5.87. The Bertz CT molecular complexity index is 892. The lowest BCUT2D eigenvalue weighted by Gasteiger charge is -2.35. The highest BCUT2D eigenvalue weighted by Gasteiger charge is 2.20. The van der Waals surface area contributed by atoms with Crippen LogP contribution in [0.3, 0.4) is 0 Å². The molecule has 2 heterocycles. The standard InChI is InChI=1S/C26H33N3OS/c1-27-14-13-25(26-12-7-19-31-26)30-24-11-6-5-10-23(24)21-29-17-15-28(16-18-29)20-22-8-3-2-4-9-22/h2-12,19,25,27H,13-18,20-21H2,1H3/t25-/m0/s1. The Morgan fingerprint density at radius 2 is 1.58 bits per heavy atom. The van der Waals surface area contributed by atoms with E-state index in [4.69, 9.17) is 4.74 Å². The highest BCUT2D eigenvalue weighted by atomic mass is 32.1. The average Bonchev–Trinajstić information content (AvgIpc) is 3.35. The van der Waals surface area contributed by atoms with Crippen LogP contribution in [0.2, 0.25) is 0 Å². The van der Waals surface area contributed by atoms with E-state index < -0.39 is 0 Å². The number of para-hydroxylation sites is 1. The van der Waals surface area contributed by atoms with Crippen molar-refractivity contribution in [1.29, 1.82) is 0 Å². The van der Waals surface area contributed by atoms with Crippen LogP contribution < -0.4 is 10.1 Å². The number of benzene rings is 2. The van der Waals surface area contributed by atoms with Crippen molar-refractivity contribution in [2.45, 2.75) is 25.6 Å². The van der Waals surface area contributed by atoms with Crippen molar-refractivity contribution >= 4 is 11.3 Å². The molecule has 1 atom stereocenters. The van der Waals surface area contributed by atoms with Gasteiger partial charge in [-0.05, 0) is 36.7 Å². The number of hydrogen-bond acceptors (Lipinski definition) is 5. The molecule has 1 aliphatic rings. The molecule has 164 valence electrons. The first-order valence-corrected chi connectivity index (χ1v) is 12.1. The minimum atomic E-state index is 0.0938. The van der Waals surface area contributed by atoms with Crippen LogP contribution in [-0.4, -0.2) is 49.6 Å². The van der Waals surface area contributed by atoms with Gasteiger partial charge in [0.05, 0.1) is 0 Å². The van der Waals surface area contributed by atoms with Crippen molar-refractivity contribution in [3.8, 4) is 5.75 Å². The fourth-order valence-corrected chi connectivity index (χ4v) is 4.89. The summed E-state index contributed by atoms with van der Waals surface area (Å²) in [6.45, 7) is 7.33. The van der Waals surface area contributed by atoms with E-state index in [1.54, 1.807) is 11.3 Å². The predicted molar refractivity (Wildman–Crippen MR) is 130 cm³/mol. The maximum Gasteiger partial charge on any atom is 0.134 e. The van der Waals surface area contributed by atoms with Gasteiger partial charge in [0.25, 0.3) is 0 Å². The lowest BCUT2D eigenvalue weighted by atomic mass is 10.1. The molecule has 0 spiro atoms. The van der Waals surface area contributed by atoms with Crippen LogP contribution in [0.5, 0.6) is 5.75 Å². The molecule has 5 heteroatoms. The lowest BCUT2D eigenvalue weighted by molar-refractivity contribution is 0.119. The third kappa shape index (κ3) is 6.40. The minimum absolute atomic E-state index is 0.0938. The van der Waals surface area contributed by atoms with Crippen LogP contribution in [0.25, 0.3) is 0 Å². The first-order chi connectivity index (χ1) is 15.3. The monoisotopic (exact) mass is 435 g/mol. The molecule has 2 aromatic carbocycles. The topological polar surface area (TPSA) is 27.7 Å². The summed E-state index contributed by atoms with van der Waals surface area (Å²) in [5.41, 5.74) is 2.68. The molecule has 1 aromatic heterocycles. The van der Waals surface area contributed by atoms with Crippen LogP contribution in [-0.2, 0) is 13.1 Å². The Hall–Kier alpha value is -2.18. The first-order valence-electron chi connectivity index (χ1n) is 11.2. The SMILES string of the molecule is CNCC[C@H](Oc1ccccc1CN1CCN(Cc2ccccc2)CC1)c1cccs1. The first kappa shape index (κ1) is 22.0. The van der Waals surface area contributed by atoms with Gasteiger partial charge in [-0.2, -0.15) is 0 Å². The second kappa shape index (κ2) is 11.4. The second-order valence-electron chi connectivity index (χ2n) is 8.16. The van der Waals surface area contributed by atoms with E-state index in [9.17, 15) is 0 Å². The summed E-state index contributed by atoms with van der Waals surface area (Å²) in [6, 6.07) is 23.6. The summed E-state index contributed by atoms with van der Waals surface area (Å²) in [6.07, 6.45) is 1.06. The zero-order valence-corrected chi connectivity index (χ0v) is 19.2. The number of nitrogens with one attached hydrogen (secondary N) is 1. The molecule has 1 N–H and O–H groups in total. The number of nitrogens with zero attached hydrogens (tertiary/aromatic N) is 2. The van der Waals surface area contributed by atoms with Gasteiger partial charge in [-0.1, -0.05) is 54.6 Å². The van der Waals surface area contributed by atoms with Crippen LogP contribution in [0.15, 0.2) is 72.1 Å². The zero-order chi connectivity index (χ0) is 21.3. The van der Waals surface area contributed by atoms with Gasteiger partial charge in [-0.15, -0.1) is 11.3 Å². The molecule has 0 unspecified atom stereocenters.